The zero-order valence-electron chi connectivity index (χ0n) is 8.69. The van der Waals surface area contributed by atoms with Crippen LogP contribution in [0.5, 0.6) is 0 Å². The molecule has 0 bridgehead atoms. The molecule has 0 saturated heterocycles. The predicted molar refractivity (Wildman–Crippen MR) is 63.7 cm³/mol. The van der Waals surface area contributed by atoms with Gasteiger partial charge >= 0.3 is 0 Å². The molecule has 2 aromatic heterocycles. The van der Waals surface area contributed by atoms with Crippen molar-refractivity contribution >= 4 is 32.5 Å². The predicted octanol–water partition coefficient (Wildman–Crippen LogP) is 2.52. The van der Waals surface area contributed by atoms with Gasteiger partial charge in [-0.3, -0.25) is 4.21 Å². The Morgan fingerprint density at radius 2 is 2.33 bits per heavy atom. The van der Waals surface area contributed by atoms with Gasteiger partial charge in [0.25, 0.3) is 0 Å². The molecule has 0 aliphatic carbocycles. The molecular formula is C10H12N2OS2. The Bertz CT molecular complexity index is 507. The molecule has 0 N–H and O–H groups in total. The first-order valence-corrected chi connectivity index (χ1v) is 6.96. The number of aromatic nitrogens is 2. The standard InChI is InChI=1S/C10H12N2OS2/c1-3-4-15(13)10-12-9-8(14-10)5-7(2)6-11-9/h5-6H,3-4H2,1-2H3/t15-/m0/s1. The summed E-state index contributed by atoms with van der Waals surface area (Å²) in [5.41, 5.74) is 1.82. The van der Waals surface area contributed by atoms with Crippen LogP contribution >= 0.6 is 11.3 Å². The van der Waals surface area contributed by atoms with E-state index in [1.54, 1.807) is 6.20 Å². The van der Waals surface area contributed by atoms with Gasteiger partial charge < -0.3 is 0 Å². The van der Waals surface area contributed by atoms with Crippen molar-refractivity contribution < 1.29 is 4.21 Å². The van der Waals surface area contributed by atoms with Crippen LogP contribution in [0.3, 0.4) is 0 Å². The van der Waals surface area contributed by atoms with Crippen molar-refractivity contribution in [3.05, 3.63) is 17.8 Å². The van der Waals surface area contributed by atoms with Gasteiger partial charge in [0.1, 0.15) is 0 Å². The van der Waals surface area contributed by atoms with Gasteiger partial charge in [-0.05, 0) is 25.0 Å². The molecule has 2 heterocycles. The summed E-state index contributed by atoms with van der Waals surface area (Å²) < 4.78 is 13.5. The molecule has 80 valence electrons. The van der Waals surface area contributed by atoms with Gasteiger partial charge in [-0.2, -0.15) is 0 Å². The molecule has 0 aliphatic rings. The van der Waals surface area contributed by atoms with Gasteiger partial charge in [0.15, 0.2) is 9.99 Å². The first-order valence-electron chi connectivity index (χ1n) is 4.82. The molecule has 0 radical (unpaired) electrons. The summed E-state index contributed by atoms with van der Waals surface area (Å²) in [5, 5.41) is 0. The fourth-order valence-electron chi connectivity index (χ4n) is 1.27. The number of hydrogen-bond donors (Lipinski definition) is 0. The summed E-state index contributed by atoms with van der Waals surface area (Å²) in [4.78, 5) is 8.49. The maximum Gasteiger partial charge on any atom is 0.183 e. The summed E-state index contributed by atoms with van der Waals surface area (Å²) in [7, 11) is -0.955. The minimum Gasteiger partial charge on any atom is -0.252 e. The van der Waals surface area contributed by atoms with Crippen LogP contribution in [0.2, 0.25) is 0 Å². The molecule has 3 nitrogen and oxygen atoms in total. The highest BCUT2D eigenvalue weighted by molar-refractivity contribution is 7.87. The topological polar surface area (TPSA) is 42.9 Å². The van der Waals surface area contributed by atoms with E-state index in [1.807, 2.05) is 19.9 Å². The summed E-state index contributed by atoms with van der Waals surface area (Å²) in [6.07, 6.45) is 2.70. The molecule has 0 aromatic carbocycles. The van der Waals surface area contributed by atoms with Gasteiger partial charge in [-0.1, -0.05) is 6.92 Å². The van der Waals surface area contributed by atoms with Crippen molar-refractivity contribution in [3.63, 3.8) is 0 Å². The third-order valence-corrected chi connectivity index (χ3v) is 4.80. The average molecular weight is 240 g/mol. The van der Waals surface area contributed by atoms with Crippen molar-refractivity contribution in [1.82, 2.24) is 9.97 Å². The van der Waals surface area contributed by atoms with Crippen molar-refractivity contribution in [2.75, 3.05) is 5.75 Å². The van der Waals surface area contributed by atoms with E-state index in [1.165, 1.54) is 11.3 Å². The lowest BCUT2D eigenvalue weighted by molar-refractivity contribution is 0.681. The normalized spacial score (nSPS) is 13.2. The Hall–Kier alpha value is -0.810. The number of hydrogen-bond acceptors (Lipinski definition) is 4. The highest BCUT2D eigenvalue weighted by atomic mass is 32.2. The second-order valence-corrected chi connectivity index (χ2v) is 6.14. The Morgan fingerprint density at radius 3 is 3.07 bits per heavy atom. The van der Waals surface area contributed by atoms with E-state index in [0.29, 0.717) is 15.7 Å². The van der Waals surface area contributed by atoms with E-state index in [-0.39, 0.29) is 0 Å². The van der Waals surface area contributed by atoms with Crippen LogP contribution in [0.25, 0.3) is 10.3 Å². The first-order chi connectivity index (χ1) is 7.20. The molecule has 0 fully saturated rings. The van der Waals surface area contributed by atoms with E-state index in [9.17, 15) is 4.21 Å². The molecule has 0 spiro atoms. The van der Waals surface area contributed by atoms with Crippen molar-refractivity contribution in [2.24, 2.45) is 0 Å². The number of pyridine rings is 1. The lowest BCUT2D eigenvalue weighted by Crippen LogP contribution is -1.95. The number of nitrogens with zero attached hydrogens (tertiary/aromatic N) is 2. The van der Waals surface area contributed by atoms with Gasteiger partial charge in [-0.25, -0.2) is 9.97 Å². The fourth-order valence-corrected chi connectivity index (χ4v) is 3.65. The van der Waals surface area contributed by atoms with E-state index in [4.69, 9.17) is 0 Å². The molecule has 0 saturated carbocycles. The van der Waals surface area contributed by atoms with E-state index in [0.717, 1.165) is 16.7 Å². The Kier molecular flexibility index (Phi) is 3.11. The van der Waals surface area contributed by atoms with Crippen LogP contribution in [0.1, 0.15) is 18.9 Å². The van der Waals surface area contributed by atoms with E-state index < -0.39 is 10.8 Å². The molecule has 0 unspecified atom stereocenters. The quantitative estimate of drug-likeness (QED) is 0.828. The van der Waals surface area contributed by atoms with Crippen LogP contribution in [-0.2, 0) is 10.8 Å². The third-order valence-electron chi connectivity index (χ3n) is 1.95. The van der Waals surface area contributed by atoms with Crippen LogP contribution in [-0.4, -0.2) is 19.9 Å². The van der Waals surface area contributed by atoms with Gasteiger partial charge in [-0.15, -0.1) is 11.3 Å². The molecule has 0 aliphatic heterocycles. The second-order valence-electron chi connectivity index (χ2n) is 3.36. The van der Waals surface area contributed by atoms with Crippen molar-refractivity contribution in [1.29, 1.82) is 0 Å². The molecule has 1 atom stereocenters. The monoisotopic (exact) mass is 240 g/mol. The Labute approximate surface area is 95.0 Å². The zero-order chi connectivity index (χ0) is 10.8. The first kappa shape index (κ1) is 10.7. The largest absolute Gasteiger partial charge is 0.252 e. The van der Waals surface area contributed by atoms with Crippen molar-refractivity contribution in [2.45, 2.75) is 24.6 Å². The average Bonchev–Trinajstić information content (AvgIpc) is 2.60. The fraction of sp³-hybridized carbons (Fsp3) is 0.400. The summed E-state index contributed by atoms with van der Waals surface area (Å²) in [5.74, 6) is 0.679. The Balaban J connectivity index is 2.42. The number of fused-ring (bicyclic) bond motifs is 1. The molecular weight excluding hydrogens is 228 g/mol. The van der Waals surface area contributed by atoms with Crippen LogP contribution in [0.15, 0.2) is 16.6 Å². The van der Waals surface area contributed by atoms with Crippen molar-refractivity contribution in [3.8, 4) is 0 Å². The smallest absolute Gasteiger partial charge is 0.183 e. The molecule has 15 heavy (non-hydrogen) atoms. The van der Waals surface area contributed by atoms with Gasteiger partial charge in [0.05, 0.1) is 15.5 Å². The summed E-state index contributed by atoms with van der Waals surface area (Å²) >= 11 is 1.49. The number of thiazole rings is 1. The lowest BCUT2D eigenvalue weighted by atomic mass is 10.3. The third kappa shape index (κ3) is 2.23. The maximum absolute atomic E-state index is 11.7. The van der Waals surface area contributed by atoms with Gasteiger partial charge in [0, 0.05) is 11.9 Å². The molecule has 5 heteroatoms. The number of aryl methyl sites for hydroxylation is 1. The summed E-state index contributed by atoms with van der Waals surface area (Å²) in [6, 6.07) is 2.03. The highest BCUT2D eigenvalue weighted by Gasteiger charge is 2.10. The lowest BCUT2D eigenvalue weighted by Gasteiger charge is -1.91. The molecule has 2 aromatic rings. The maximum atomic E-state index is 11.7. The van der Waals surface area contributed by atoms with Crippen LogP contribution in [0.4, 0.5) is 0 Å². The molecule has 2 rings (SSSR count). The summed E-state index contributed by atoms with van der Waals surface area (Å²) in [6.45, 7) is 4.02. The van der Waals surface area contributed by atoms with Crippen LogP contribution < -0.4 is 0 Å². The SMILES string of the molecule is CCC[S@](=O)c1nc2ncc(C)cc2s1. The Morgan fingerprint density at radius 1 is 1.53 bits per heavy atom. The zero-order valence-corrected chi connectivity index (χ0v) is 10.3. The van der Waals surface area contributed by atoms with E-state index in [2.05, 4.69) is 9.97 Å². The van der Waals surface area contributed by atoms with Gasteiger partial charge in [0.2, 0.25) is 0 Å². The van der Waals surface area contributed by atoms with Crippen LogP contribution in [0, 0.1) is 6.92 Å². The number of rotatable bonds is 3. The highest BCUT2D eigenvalue weighted by Crippen LogP contribution is 2.23. The van der Waals surface area contributed by atoms with E-state index >= 15 is 0 Å². The minimum absolute atomic E-state index is 0.679. The molecule has 0 amide bonds. The minimum atomic E-state index is -0.955. The second kappa shape index (κ2) is 4.37.